The van der Waals surface area contributed by atoms with Gasteiger partial charge in [-0.2, -0.15) is 0 Å². The number of methoxy groups -OCH3 is 1. The largest absolute Gasteiger partial charge is 0.497 e. The van der Waals surface area contributed by atoms with Crippen LogP contribution in [0.1, 0.15) is 38.5 Å². The molecule has 1 atom stereocenters. The molecule has 1 aromatic carbocycles. The van der Waals surface area contributed by atoms with E-state index in [1.54, 1.807) is 31.4 Å². The third-order valence-corrected chi connectivity index (χ3v) is 4.19. The van der Waals surface area contributed by atoms with Crippen LogP contribution in [0.15, 0.2) is 24.3 Å². The summed E-state index contributed by atoms with van der Waals surface area (Å²) in [6.45, 7) is 0.282. The monoisotopic (exact) mass is 336 g/mol. The van der Waals surface area contributed by atoms with Crippen molar-refractivity contribution in [2.45, 2.75) is 50.7 Å². The summed E-state index contributed by atoms with van der Waals surface area (Å²) in [5, 5.41) is 15.6. The van der Waals surface area contributed by atoms with E-state index in [4.69, 9.17) is 9.47 Å². The molecule has 134 valence electrons. The molecule has 0 heterocycles. The highest BCUT2D eigenvalue weighted by molar-refractivity contribution is 5.74. The molecule has 0 aromatic heterocycles. The van der Waals surface area contributed by atoms with Gasteiger partial charge in [-0.05, 0) is 37.1 Å². The van der Waals surface area contributed by atoms with Crippen LogP contribution >= 0.6 is 0 Å². The summed E-state index contributed by atoms with van der Waals surface area (Å²) in [6.07, 6.45) is 6.16. The van der Waals surface area contributed by atoms with E-state index in [9.17, 15) is 9.90 Å². The Labute approximate surface area is 143 Å². The van der Waals surface area contributed by atoms with Gasteiger partial charge in [-0.15, -0.1) is 0 Å². The topological polar surface area (TPSA) is 79.8 Å². The molecule has 6 heteroatoms. The van der Waals surface area contributed by atoms with Gasteiger partial charge < -0.3 is 25.2 Å². The van der Waals surface area contributed by atoms with Crippen molar-refractivity contribution in [3.63, 3.8) is 0 Å². The number of benzene rings is 1. The van der Waals surface area contributed by atoms with Crippen LogP contribution in [0, 0.1) is 0 Å². The van der Waals surface area contributed by atoms with Crippen LogP contribution < -0.4 is 20.1 Å². The van der Waals surface area contributed by atoms with Gasteiger partial charge in [0.15, 0.2) is 0 Å². The van der Waals surface area contributed by atoms with Gasteiger partial charge in [0.25, 0.3) is 0 Å². The molecule has 0 saturated heterocycles. The molecule has 1 aliphatic carbocycles. The van der Waals surface area contributed by atoms with E-state index in [0.717, 1.165) is 18.6 Å². The van der Waals surface area contributed by atoms with Gasteiger partial charge in [-0.1, -0.05) is 25.7 Å². The molecule has 1 aliphatic rings. The molecule has 0 spiro atoms. The minimum Gasteiger partial charge on any atom is -0.497 e. The number of urea groups is 1. The van der Waals surface area contributed by atoms with Crippen molar-refractivity contribution in [2.75, 3.05) is 20.3 Å². The zero-order chi connectivity index (χ0) is 17.2. The summed E-state index contributed by atoms with van der Waals surface area (Å²) in [7, 11) is 1.60. The summed E-state index contributed by atoms with van der Waals surface area (Å²) in [4.78, 5) is 11.9. The van der Waals surface area contributed by atoms with Crippen LogP contribution in [0.3, 0.4) is 0 Å². The maximum absolute atomic E-state index is 11.9. The van der Waals surface area contributed by atoms with Gasteiger partial charge in [0.2, 0.25) is 0 Å². The molecular formula is C18H28N2O4. The Balaban J connectivity index is 1.62. The van der Waals surface area contributed by atoms with Gasteiger partial charge >= 0.3 is 6.03 Å². The summed E-state index contributed by atoms with van der Waals surface area (Å²) in [5.74, 6) is 1.40. The van der Waals surface area contributed by atoms with Crippen molar-refractivity contribution in [1.29, 1.82) is 0 Å². The molecule has 0 unspecified atom stereocenters. The second-order valence-electron chi connectivity index (χ2n) is 6.18. The van der Waals surface area contributed by atoms with E-state index in [-0.39, 0.29) is 25.2 Å². The predicted molar refractivity (Wildman–Crippen MR) is 92.5 cm³/mol. The van der Waals surface area contributed by atoms with Gasteiger partial charge in [0.05, 0.1) is 7.11 Å². The number of hydrogen-bond acceptors (Lipinski definition) is 4. The van der Waals surface area contributed by atoms with E-state index in [1.165, 1.54) is 25.7 Å². The second kappa shape index (κ2) is 10.0. The first kappa shape index (κ1) is 18.4. The van der Waals surface area contributed by atoms with Crippen molar-refractivity contribution < 1.29 is 19.4 Å². The molecule has 1 saturated carbocycles. The number of nitrogens with one attached hydrogen (secondary N) is 2. The Hall–Kier alpha value is -1.95. The number of hydrogen-bond donors (Lipinski definition) is 3. The number of amides is 2. The predicted octanol–water partition coefficient (Wildman–Crippen LogP) is 2.46. The van der Waals surface area contributed by atoms with Crippen molar-refractivity contribution in [1.82, 2.24) is 10.6 Å². The van der Waals surface area contributed by atoms with E-state index >= 15 is 0 Å². The summed E-state index contributed by atoms with van der Waals surface area (Å²) >= 11 is 0. The van der Waals surface area contributed by atoms with Crippen molar-refractivity contribution in [3.8, 4) is 11.5 Å². The lowest BCUT2D eigenvalue weighted by Crippen LogP contribution is -2.45. The van der Waals surface area contributed by atoms with Crippen LogP contribution in [0.5, 0.6) is 11.5 Å². The highest BCUT2D eigenvalue weighted by Gasteiger charge is 2.15. The molecule has 1 aromatic rings. The Morgan fingerprint density at radius 1 is 1.17 bits per heavy atom. The number of ether oxygens (including phenoxy) is 2. The molecule has 0 radical (unpaired) electrons. The molecule has 1 fully saturated rings. The highest BCUT2D eigenvalue weighted by Crippen LogP contribution is 2.17. The van der Waals surface area contributed by atoms with Crippen LogP contribution in [-0.4, -0.2) is 43.5 Å². The van der Waals surface area contributed by atoms with E-state index in [1.807, 2.05) is 0 Å². The molecular weight excluding hydrogens is 308 g/mol. The number of rotatable bonds is 7. The third-order valence-electron chi connectivity index (χ3n) is 4.19. The van der Waals surface area contributed by atoms with Gasteiger partial charge in [0.1, 0.15) is 24.2 Å². The molecule has 0 bridgehead atoms. The number of carbonyl (C=O) groups excluding carboxylic acids is 1. The van der Waals surface area contributed by atoms with Gasteiger partial charge in [-0.25, -0.2) is 4.79 Å². The lowest BCUT2D eigenvalue weighted by molar-refractivity contribution is 0.107. The first-order valence-electron chi connectivity index (χ1n) is 8.66. The normalized spacial score (nSPS) is 16.8. The van der Waals surface area contributed by atoms with Crippen molar-refractivity contribution >= 4 is 6.03 Å². The smallest absolute Gasteiger partial charge is 0.315 e. The average Bonchev–Trinajstić information content (AvgIpc) is 2.87. The average molecular weight is 336 g/mol. The SMILES string of the molecule is COc1ccc(OC[C@H](O)CNC(=O)NC2CCCCCC2)cc1. The maximum atomic E-state index is 11.9. The molecule has 2 rings (SSSR count). The lowest BCUT2D eigenvalue weighted by atomic mass is 10.1. The minimum absolute atomic E-state index is 0.121. The van der Waals surface area contributed by atoms with E-state index < -0.39 is 6.10 Å². The van der Waals surface area contributed by atoms with Crippen LogP contribution in [0.2, 0.25) is 0 Å². The maximum Gasteiger partial charge on any atom is 0.315 e. The Morgan fingerprint density at radius 3 is 2.42 bits per heavy atom. The Morgan fingerprint density at radius 2 is 1.79 bits per heavy atom. The van der Waals surface area contributed by atoms with Crippen LogP contribution in [0.4, 0.5) is 4.79 Å². The second-order valence-corrected chi connectivity index (χ2v) is 6.18. The van der Waals surface area contributed by atoms with Gasteiger partial charge in [0, 0.05) is 12.6 Å². The zero-order valence-electron chi connectivity index (χ0n) is 14.3. The molecule has 3 N–H and O–H groups in total. The summed E-state index contributed by atoms with van der Waals surface area (Å²) in [5.41, 5.74) is 0. The van der Waals surface area contributed by atoms with Crippen molar-refractivity contribution in [2.24, 2.45) is 0 Å². The quantitative estimate of drug-likeness (QED) is 0.668. The lowest BCUT2D eigenvalue weighted by Gasteiger charge is -2.18. The first-order valence-corrected chi connectivity index (χ1v) is 8.66. The fourth-order valence-electron chi connectivity index (χ4n) is 2.79. The Bertz CT molecular complexity index is 484. The fourth-order valence-corrected chi connectivity index (χ4v) is 2.79. The van der Waals surface area contributed by atoms with Crippen molar-refractivity contribution in [3.05, 3.63) is 24.3 Å². The zero-order valence-corrected chi connectivity index (χ0v) is 14.3. The van der Waals surface area contributed by atoms with Crippen LogP contribution in [0.25, 0.3) is 0 Å². The highest BCUT2D eigenvalue weighted by atomic mass is 16.5. The summed E-state index contributed by atoms with van der Waals surface area (Å²) in [6, 6.07) is 7.17. The molecule has 24 heavy (non-hydrogen) atoms. The number of aliphatic hydroxyl groups excluding tert-OH is 1. The fraction of sp³-hybridized carbons (Fsp3) is 0.611. The number of aliphatic hydroxyl groups is 1. The van der Waals surface area contributed by atoms with Gasteiger partial charge in [-0.3, -0.25) is 0 Å². The summed E-state index contributed by atoms with van der Waals surface area (Å²) < 4.78 is 10.6. The van der Waals surface area contributed by atoms with Crippen LogP contribution in [-0.2, 0) is 0 Å². The van der Waals surface area contributed by atoms with E-state index in [2.05, 4.69) is 10.6 Å². The first-order chi connectivity index (χ1) is 11.7. The van der Waals surface area contributed by atoms with E-state index in [0.29, 0.717) is 5.75 Å². The molecule has 2 amide bonds. The molecule has 0 aliphatic heterocycles. The third kappa shape index (κ3) is 6.66. The number of carbonyl (C=O) groups is 1. The standard InChI is InChI=1S/C18H28N2O4/c1-23-16-8-10-17(11-9-16)24-13-15(21)12-19-18(22)20-14-6-4-2-3-5-7-14/h8-11,14-15,21H,2-7,12-13H2,1H3,(H2,19,20,22)/t15-/m1/s1. The Kier molecular flexibility index (Phi) is 7.68. The molecule has 6 nitrogen and oxygen atoms in total. The minimum atomic E-state index is -0.757.